The number of aliphatic hydroxyl groups is 5. The van der Waals surface area contributed by atoms with E-state index in [9.17, 15) is 54.0 Å². The number of aromatic amines is 1. The number of aliphatic hydroxyl groups excluding tert-OH is 5. The van der Waals surface area contributed by atoms with Crippen LogP contribution in [0.5, 0.6) is 0 Å². The van der Waals surface area contributed by atoms with Gasteiger partial charge in [0.1, 0.15) is 36.6 Å². The fourth-order valence-corrected chi connectivity index (χ4v) is 5.19. The summed E-state index contributed by atoms with van der Waals surface area (Å²) in [6.07, 6.45) is -12.2. The highest BCUT2D eigenvalue weighted by atomic mass is 31.3. The molecule has 0 aromatic carbocycles. The molecule has 18 nitrogen and oxygen atoms in total. The van der Waals surface area contributed by atoms with Gasteiger partial charge in [0, 0.05) is 12.3 Å². The standard InChI is InChI=1S/C14H22N2O16P2/c17-7-1-2-16(14(23)15-7)12-10(20)8(18)5(30-12)3-28-33(24,25)32-34(26,27)29-4-6-9(19)11(21)13(22)31-6/h1-2,5-6,8-13,18-22H,3-4H2,(H,24,25)(H,26,27)(H,15,17,23)/t5-,6-,8-,9-,10-,11-,12-,13?/m1/s1. The third-order valence-electron chi connectivity index (χ3n) is 4.81. The first-order valence-corrected chi connectivity index (χ1v) is 12.4. The van der Waals surface area contributed by atoms with Crippen LogP contribution in [-0.2, 0) is 32.0 Å². The number of hydrogen-bond acceptors (Lipinski definition) is 14. The number of H-pyrrole nitrogens is 1. The summed E-state index contributed by atoms with van der Waals surface area (Å²) >= 11 is 0. The monoisotopic (exact) mass is 536 g/mol. The number of nitrogens with zero attached hydrogens (tertiary/aromatic N) is 1. The van der Waals surface area contributed by atoms with Gasteiger partial charge in [-0.1, -0.05) is 0 Å². The Bertz CT molecular complexity index is 1080. The molecular formula is C14H22N2O16P2. The van der Waals surface area contributed by atoms with Crippen molar-refractivity contribution in [1.29, 1.82) is 0 Å². The van der Waals surface area contributed by atoms with Gasteiger partial charge in [0.25, 0.3) is 5.56 Å². The molecule has 2 aliphatic heterocycles. The lowest BCUT2D eigenvalue weighted by Crippen LogP contribution is -2.37. The maximum atomic E-state index is 12.0. The molecule has 3 rings (SSSR count). The Hall–Kier alpha value is -1.34. The second-order valence-corrected chi connectivity index (χ2v) is 10.3. The summed E-state index contributed by atoms with van der Waals surface area (Å²) in [5.74, 6) is 0. The molecule has 0 radical (unpaired) electrons. The molecule has 0 aliphatic carbocycles. The van der Waals surface area contributed by atoms with Gasteiger partial charge < -0.3 is 44.8 Å². The maximum absolute atomic E-state index is 12.0. The topological polar surface area (TPSA) is 277 Å². The van der Waals surface area contributed by atoms with Crippen LogP contribution in [0.3, 0.4) is 0 Å². The molecule has 2 fully saturated rings. The number of rotatable bonds is 9. The fraction of sp³-hybridized carbons (Fsp3) is 0.714. The molecule has 34 heavy (non-hydrogen) atoms. The van der Waals surface area contributed by atoms with E-state index >= 15 is 0 Å². The first kappa shape index (κ1) is 27.3. The van der Waals surface area contributed by atoms with Crippen molar-refractivity contribution >= 4 is 15.6 Å². The second-order valence-electron chi connectivity index (χ2n) is 7.22. The van der Waals surface area contributed by atoms with Crippen molar-refractivity contribution in [1.82, 2.24) is 9.55 Å². The first-order valence-electron chi connectivity index (χ1n) is 9.39. The quantitative estimate of drug-likeness (QED) is 0.139. The van der Waals surface area contributed by atoms with Crippen LogP contribution in [-0.4, -0.2) is 101 Å². The van der Waals surface area contributed by atoms with Gasteiger partial charge in [0.05, 0.1) is 13.2 Å². The molecule has 0 bridgehead atoms. The van der Waals surface area contributed by atoms with Gasteiger partial charge in [-0.25, -0.2) is 13.9 Å². The van der Waals surface area contributed by atoms with Crippen molar-refractivity contribution < 1.29 is 67.3 Å². The highest BCUT2D eigenvalue weighted by Crippen LogP contribution is 2.60. The number of hydrogen-bond donors (Lipinski definition) is 8. The number of ether oxygens (including phenoxy) is 2. The lowest BCUT2D eigenvalue weighted by molar-refractivity contribution is -0.132. The smallest absolute Gasteiger partial charge is 0.387 e. The molecule has 194 valence electrons. The van der Waals surface area contributed by atoms with Crippen LogP contribution in [0.1, 0.15) is 6.23 Å². The summed E-state index contributed by atoms with van der Waals surface area (Å²) in [5.41, 5.74) is -1.71. The minimum atomic E-state index is -5.35. The Morgan fingerprint density at radius 2 is 1.41 bits per heavy atom. The van der Waals surface area contributed by atoms with Crippen LogP contribution in [0.15, 0.2) is 21.9 Å². The minimum absolute atomic E-state index is 0.732. The lowest BCUT2D eigenvalue weighted by Gasteiger charge is -2.20. The van der Waals surface area contributed by atoms with E-state index in [1.54, 1.807) is 0 Å². The van der Waals surface area contributed by atoms with E-state index in [2.05, 4.69) is 18.1 Å². The average Bonchev–Trinajstić information content (AvgIpc) is 3.15. The van der Waals surface area contributed by atoms with Crippen LogP contribution in [0.2, 0.25) is 0 Å². The molecule has 3 heterocycles. The van der Waals surface area contributed by atoms with Gasteiger partial charge in [0.15, 0.2) is 12.5 Å². The molecule has 0 amide bonds. The Balaban J connectivity index is 1.55. The second kappa shape index (κ2) is 10.3. The molecule has 1 aromatic heterocycles. The third-order valence-corrected chi connectivity index (χ3v) is 7.41. The fourth-order valence-electron chi connectivity index (χ4n) is 3.10. The minimum Gasteiger partial charge on any atom is -0.387 e. The molecule has 20 heteroatoms. The highest BCUT2D eigenvalue weighted by Gasteiger charge is 2.47. The van der Waals surface area contributed by atoms with Gasteiger partial charge in [-0.2, -0.15) is 4.31 Å². The van der Waals surface area contributed by atoms with Crippen molar-refractivity contribution in [2.24, 2.45) is 0 Å². The van der Waals surface area contributed by atoms with Crippen LogP contribution in [0, 0.1) is 0 Å². The first-order chi connectivity index (χ1) is 15.7. The van der Waals surface area contributed by atoms with Crippen LogP contribution in [0.4, 0.5) is 0 Å². The summed E-state index contributed by atoms with van der Waals surface area (Å²) < 4.78 is 47.6. The molecule has 10 atom stereocenters. The van der Waals surface area contributed by atoms with Crippen molar-refractivity contribution in [3.63, 3.8) is 0 Å². The maximum Gasteiger partial charge on any atom is 0.481 e. The van der Waals surface area contributed by atoms with Gasteiger partial charge in [-0.15, -0.1) is 0 Å². The van der Waals surface area contributed by atoms with Crippen LogP contribution in [0.25, 0.3) is 0 Å². The van der Waals surface area contributed by atoms with Crippen molar-refractivity contribution in [3.05, 3.63) is 33.1 Å². The molecule has 2 aliphatic rings. The zero-order valence-corrected chi connectivity index (χ0v) is 18.6. The lowest BCUT2D eigenvalue weighted by atomic mass is 10.1. The van der Waals surface area contributed by atoms with Crippen molar-refractivity contribution in [2.75, 3.05) is 13.2 Å². The van der Waals surface area contributed by atoms with Gasteiger partial charge >= 0.3 is 21.3 Å². The van der Waals surface area contributed by atoms with Crippen LogP contribution >= 0.6 is 15.6 Å². The summed E-state index contributed by atoms with van der Waals surface area (Å²) in [6, 6.07) is 0.944. The van der Waals surface area contributed by atoms with E-state index in [4.69, 9.17) is 4.74 Å². The molecule has 3 unspecified atom stereocenters. The zero-order chi connectivity index (χ0) is 25.4. The number of phosphoric ester groups is 2. The summed E-state index contributed by atoms with van der Waals surface area (Å²) in [5, 5.41) is 48.4. The zero-order valence-electron chi connectivity index (χ0n) is 16.8. The normalized spacial score (nSPS) is 37.4. The van der Waals surface area contributed by atoms with Crippen LogP contribution < -0.4 is 11.2 Å². The Morgan fingerprint density at radius 1 is 0.882 bits per heavy atom. The highest BCUT2D eigenvalue weighted by molar-refractivity contribution is 7.61. The van der Waals surface area contributed by atoms with E-state index in [1.165, 1.54) is 0 Å². The van der Waals surface area contributed by atoms with Crippen molar-refractivity contribution in [3.8, 4) is 0 Å². The SMILES string of the molecule is O=c1ccn([C@@H]2O[C@H](COP(=O)(O)OP(=O)(O)OC[C@H]3OC(O)[C@H](O)[C@@H]3O)[C@@H](O)[C@H]2O)c(=O)[nH]1. The Morgan fingerprint density at radius 3 is 1.91 bits per heavy atom. The molecule has 0 spiro atoms. The summed E-state index contributed by atoms with van der Waals surface area (Å²) in [6.45, 7) is -1.90. The predicted octanol–water partition coefficient (Wildman–Crippen LogP) is -4.15. The van der Waals surface area contributed by atoms with Gasteiger partial charge in [-0.05, 0) is 0 Å². The van der Waals surface area contributed by atoms with Gasteiger partial charge in [-0.3, -0.25) is 23.4 Å². The Kier molecular flexibility index (Phi) is 8.28. The Labute approximate surface area is 188 Å². The van der Waals surface area contributed by atoms with Crippen molar-refractivity contribution in [2.45, 2.75) is 49.1 Å². The van der Waals surface area contributed by atoms with E-state index < -0.39 is 89.2 Å². The summed E-state index contributed by atoms with van der Waals surface area (Å²) in [7, 11) is -10.7. The molecule has 0 saturated carbocycles. The third kappa shape index (κ3) is 6.26. The number of nitrogens with one attached hydrogen (secondary N) is 1. The average molecular weight is 536 g/mol. The number of aromatic nitrogens is 2. The largest absolute Gasteiger partial charge is 0.481 e. The molecule has 2 saturated heterocycles. The van der Waals surface area contributed by atoms with E-state index in [-0.39, 0.29) is 0 Å². The van der Waals surface area contributed by atoms with E-state index in [1.807, 2.05) is 4.98 Å². The number of phosphoric acid groups is 2. The van der Waals surface area contributed by atoms with Gasteiger partial charge in [0.2, 0.25) is 0 Å². The van der Waals surface area contributed by atoms with E-state index in [0.29, 0.717) is 0 Å². The summed E-state index contributed by atoms with van der Waals surface area (Å²) in [4.78, 5) is 44.2. The molecule has 8 N–H and O–H groups in total. The predicted molar refractivity (Wildman–Crippen MR) is 103 cm³/mol. The molecular weight excluding hydrogens is 514 g/mol. The molecule has 1 aromatic rings. The van der Waals surface area contributed by atoms with E-state index in [0.717, 1.165) is 16.8 Å².